The number of aromatic nitrogens is 3. The Hall–Kier alpha value is -2.92. The predicted octanol–water partition coefficient (Wildman–Crippen LogP) is 5.48. The molecule has 2 aromatic heterocycles. The highest BCUT2D eigenvalue weighted by Gasteiger charge is 2.14. The van der Waals surface area contributed by atoms with Gasteiger partial charge in [-0.25, -0.2) is 9.97 Å². The highest BCUT2D eigenvalue weighted by molar-refractivity contribution is 6.30. The van der Waals surface area contributed by atoms with E-state index in [4.69, 9.17) is 16.1 Å². The van der Waals surface area contributed by atoms with Crippen LogP contribution in [0.2, 0.25) is 5.02 Å². The quantitative estimate of drug-likeness (QED) is 0.509. The SMILES string of the molecule is Cc1nc(NCc2cccc(Cl)c2)c2cc(-c3c(C)noc3C)ccc2n1. The lowest BCUT2D eigenvalue weighted by molar-refractivity contribution is 0.393. The number of benzene rings is 2. The second-order valence-corrected chi connectivity index (χ2v) is 6.97. The van der Waals surface area contributed by atoms with E-state index in [1.807, 2.05) is 57.2 Å². The maximum absolute atomic E-state index is 6.09. The summed E-state index contributed by atoms with van der Waals surface area (Å²) < 4.78 is 5.32. The first-order chi connectivity index (χ1) is 13.0. The molecule has 0 fully saturated rings. The van der Waals surface area contributed by atoms with Crippen LogP contribution in [-0.2, 0) is 6.54 Å². The molecule has 136 valence electrons. The molecule has 0 saturated carbocycles. The molecule has 2 aromatic carbocycles. The van der Waals surface area contributed by atoms with Crippen LogP contribution in [0.15, 0.2) is 47.0 Å². The number of hydrogen-bond donors (Lipinski definition) is 1. The number of aryl methyl sites for hydroxylation is 3. The average molecular weight is 379 g/mol. The minimum atomic E-state index is 0.627. The van der Waals surface area contributed by atoms with Crippen molar-refractivity contribution in [2.75, 3.05) is 5.32 Å². The molecule has 0 aliphatic carbocycles. The zero-order chi connectivity index (χ0) is 19.0. The van der Waals surface area contributed by atoms with Gasteiger partial charge >= 0.3 is 0 Å². The molecule has 0 saturated heterocycles. The van der Waals surface area contributed by atoms with Gasteiger partial charge in [-0.15, -0.1) is 0 Å². The Morgan fingerprint density at radius 2 is 1.89 bits per heavy atom. The maximum Gasteiger partial charge on any atom is 0.141 e. The van der Waals surface area contributed by atoms with Crippen molar-refractivity contribution < 1.29 is 4.52 Å². The summed E-state index contributed by atoms with van der Waals surface area (Å²) in [7, 11) is 0. The summed E-state index contributed by atoms with van der Waals surface area (Å²) in [6.45, 7) is 6.39. The molecule has 5 nitrogen and oxygen atoms in total. The molecule has 0 radical (unpaired) electrons. The standard InChI is InChI=1S/C21H19ClN4O/c1-12-20(13(2)27-26-12)16-7-8-19-18(10-16)21(25-14(3)24-19)23-11-15-5-4-6-17(22)9-15/h4-10H,11H2,1-3H3,(H,23,24,25). The second kappa shape index (κ2) is 7.00. The Bertz CT molecular complexity index is 1120. The zero-order valence-electron chi connectivity index (χ0n) is 15.4. The van der Waals surface area contributed by atoms with E-state index >= 15 is 0 Å². The first-order valence-electron chi connectivity index (χ1n) is 8.71. The summed E-state index contributed by atoms with van der Waals surface area (Å²) in [6.07, 6.45) is 0. The van der Waals surface area contributed by atoms with Crippen molar-refractivity contribution in [1.82, 2.24) is 15.1 Å². The minimum Gasteiger partial charge on any atom is -0.365 e. The summed E-state index contributed by atoms with van der Waals surface area (Å²) in [6, 6.07) is 13.9. The van der Waals surface area contributed by atoms with E-state index in [2.05, 4.69) is 26.5 Å². The molecule has 6 heteroatoms. The van der Waals surface area contributed by atoms with Crippen molar-refractivity contribution in [2.45, 2.75) is 27.3 Å². The summed E-state index contributed by atoms with van der Waals surface area (Å²) in [5.74, 6) is 2.32. The van der Waals surface area contributed by atoms with Gasteiger partial charge in [0.05, 0.1) is 11.2 Å². The Kier molecular flexibility index (Phi) is 4.54. The average Bonchev–Trinajstić information content (AvgIpc) is 2.98. The van der Waals surface area contributed by atoms with Crippen molar-refractivity contribution in [3.8, 4) is 11.1 Å². The van der Waals surface area contributed by atoms with Crippen LogP contribution >= 0.6 is 11.6 Å². The van der Waals surface area contributed by atoms with Gasteiger partial charge in [0.2, 0.25) is 0 Å². The van der Waals surface area contributed by atoms with Crippen LogP contribution in [0.5, 0.6) is 0 Å². The molecule has 0 aliphatic heterocycles. The Labute approximate surface area is 162 Å². The maximum atomic E-state index is 6.09. The lowest BCUT2D eigenvalue weighted by atomic mass is 10.0. The molecular weight excluding hydrogens is 360 g/mol. The molecule has 4 rings (SSSR count). The molecule has 4 aromatic rings. The molecule has 0 unspecified atom stereocenters. The van der Waals surface area contributed by atoms with Crippen molar-refractivity contribution in [2.24, 2.45) is 0 Å². The number of halogens is 1. The fourth-order valence-electron chi connectivity index (χ4n) is 3.26. The predicted molar refractivity (Wildman–Crippen MR) is 108 cm³/mol. The van der Waals surface area contributed by atoms with E-state index in [1.54, 1.807) is 0 Å². The number of nitrogens with one attached hydrogen (secondary N) is 1. The number of fused-ring (bicyclic) bond motifs is 1. The van der Waals surface area contributed by atoms with E-state index < -0.39 is 0 Å². The van der Waals surface area contributed by atoms with E-state index in [9.17, 15) is 0 Å². The van der Waals surface area contributed by atoms with Crippen LogP contribution in [0, 0.1) is 20.8 Å². The van der Waals surface area contributed by atoms with E-state index in [-0.39, 0.29) is 0 Å². The summed E-state index contributed by atoms with van der Waals surface area (Å²) >= 11 is 6.09. The summed E-state index contributed by atoms with van der Waals surface area (Å²) in [5.41, 5.74) is 4.91. The van der Waals surface area contributed by atoms with E-state index in [0.29, 0.717) is 6.54 Å². The normalized spacial score (nSPS) is 11.1. The molecule has 0 bridgehead atoms. The first-order valence-corrected chi connectivity index (χ1v) is 9.09. The fourth-order valence-corrected chi connectivity index (χ4v) is 3.48. The van der Waals surface area contributed by atoms with Gasteiger partial charge in [-0.05, 0) is 56.2 Å². The van der Waals surface area contributed by atoms with Gasteiger partial charge in [-0.3, -0.25) is 0 Å². The molecule has 2 heterocycles. The number of anilines is 1. The van der Waals surface area contributed by atoms with Gasteiger partial charge in [0.15, 0.2) is 0 Å². The molecule has 1 N–H and O–H groups in total. The van der Waals surface area contributed by atoms with Gasteiger partial charge in [0, 0.05) is 22.5 Å². The van der Waals surface area contributed by atoms with Gasteiger partial charge in [-0.1, -0.05) is 35.0 Å². The third kappa shape index (κ3) is 3.51. The van der Waals surface area contributed by atoms with Crippen LogP contribution < -0.4 is 5.32 Å². The Morgan fingerprint density at radius 3 is 2.63 bits per heavy atom. The van der Waals surface area contributed by atoms with Crippen LogP contribution in [0.25, 0.3) is 22.0 Å². The third-order valence-corrected chi connectivity index (χ3v) is 4.71. The van der Waals surface area contributed by atoms with Gasteiger partial charge in [0.1, 0.15) is 17.4 Å². The highest BCUT2D eigenvalue weighted by atomic mass is 35.5. The van der Waals surface area contributed by atoms with Crippen molar-refractivity contribution in [3.05, 3.63) is 70.3 Å². The van der Waals surface area contributed by atoms with Gasteiger partial charge < -0.3 is 9.84 Å². The van der Waals surface area contributed by atoms with Crippen LogP contribution in [0.4, 0.5) is 5.82 Å². The monoisotopic (exact) mass is 378 g/mol. The fraction of sp³-hybridized carbons (Fsp3) is 0.190. The number of rotatable bonds is 4. The van der Waals surface area contributed by atoms with Crippen LogP contribution in [-0.4, -0.2) is 15.1 Å². The molecule has 0 atom stereocenters. The smallest absolute Gasteiger partial charge is 0.141 e. The summed E-state index contributed by atoms with van der Waals surface area (Å²) in [4.78, 5) is 9.17. The molecular formula is C21H19ClN4O. The molecule has 27 heavy (non-hydrogen) atoms. The Balaban J connectivity index is 1.76. The van der Waals surface area contributed by atoms with Crippen LogP contribution in [0.1, 0.15) is 22.8 Å². The highest BCUT2D eigenvalue weighted by Crippen LogP contribution is 2.31. The number of nitrogens with zero attached hydrogens (tertiary/aromatic N) is 3. The summed E-state index contributed by atoms with van der Waals surface area (Å²) in [5, 5.41) is 9.16. The van der Waals surface area contributed by atoms with Gasteiger partial charge in [0.25, 0.3) is 0 Å². The van der Waals surface area contributed by atoms with Gasteiger partial charge in [-0.2, -0.15) is 0 Å². The lowest BCUT2D eigenvalue weighted by Crippen LogP contribution is -2.04. The first kappa shape index (κ1) is 17.5. The Morgan fingerprint density at radius 1 is 1.04 bits per heavy atom. The minimum absolute atomic E-state index is 0.627. The molecule has 0 aliphatic rings. The van der Waals surface area contributed by atoms with Crippen molar-refractivity contribution >= 4 is 28.3 Å². The van der Waals surface area contributed by atoms with Crippen molar-refractivity contribution in [3.63, 3.8) is 0 Å². The topological polar surface area (TPSA) is 63.8 Å². The zero-order valence-corrected chi connectivity index (χ0v) is 16.1. The molecule has 0 amide bonds. The van der Waals surface area contributed by atoms with E-state index in [1.165, 1.54) is 0 Å². The number of hydrogen-bond acceptors (Lipinski definition) is 5. The van der Waals surface area contributed by atoms with E-state index in [0.717, 1.165) is 55.7 Å². The van der Waals surface area contributed by atoms with Crippen LogP contribution in [0.3, 0.4) is 0 Å². The third-order valence-electron chi connectivity index (χ3n) is 4.48. The van der Waals surface area contributed by atoms with Crippen molar-refractivity contribution in [1.29, 1.82) is 0 Å². The molecule has 0 spiro atoms. The lowest BCUT2D eigenvalue weighted by Gasteiger charge is -2.11. The second-order valence-electron chi connectivity index (χ2n) is 6.53. The largest absolute Gasteiger partial charge is 0.365 e.